The maximum Gasteiger partial charge on any atom is 0.292 e. The molecular weight excluding hydrogens is 524 g/mol. The SMILES string of the molecule is O=C(Nc1nn(Cc2c(F)cccc2Cl)cc1Cl)c1ccc(COc2ccccc2Br)o1. The Kier molecular flexibility index (Phi) is 6.83. The highest BCUT2D eigenvalue weighted by Gasteiger charge is 2.17. The van der Waals surface area contributed by atoms with E-state index >= 15 is 0 Å². The lowest BCUT2D eigenvalue weighted by atomic mass is 10.2. The van der Waals surface area contributed by atoms with E-state index in [-0.39, 0.29) is 40.3 Å². The molecule has 1 amide bonds. The first-order valence-electron chi connectivity index (χ1n) is 9.34. The Hall–Kier alpha value is -2.81. The number of rotatable bonds is 7. The summed E-state index contributed by atoms with van der Waals surface area (Å²) < 4.78 is 27.5. The number of para-hydroxylation sites is 1. The molecule has 0 spiro atoms. The van der Waals surface area contributed by atoms with Gasteiger partial charge in [0.25, 0.3) is 5.91 Å². The zero-order valence-electron chi connectivity index (χ0n) is 16.3. The number of benzene rings is 2. The molecule has 10 heteroatoms. The van der Waals surface area contributed by atoms with Crippen molar-refractivity contribution in [2.45, 2.75) is 13.2 Å². The van der Waals surface area contributed by atoms with Gasteiger partial charge in [-0.3, -0.25) is 9.48 Å². The molecule has 2 heterocycles. The summed E-state index contributed by atoms with van der Waals surface area (Å²) in [5.41, 5.74) is 0.270. The standard InChI is InChI=1S/C22H15BrCl2FN3O3/c23-15-4-1-2-7-19(15)31-12-13-8-9-20(32-13)22(30)27-21-17(25)11-29(28-21)10-14-16(24)5-3-6-18(14)26/h1-9,11H,10,12H2,(H,27,28,30). The van der Waals surface area contributed by atoms with Crippen LogP contribution in [0.25, 0.3) is 0 Å². The zero-order chi connectivity index (χ0) is 22.7. The number of carbonyl (C=O) groups is 1. The molecule has 0 unspecified atom stereocenters. The average molecular weight is 539 g/mol. The molecular formula is C22H15BrCl2FN3O3. The number of ether oxygens (including phenoxy) is 1. The fourth-order valence-electron chi connectivity index (χ4n) is 2.87. The van der Waals surface area contributed by atoms with Gasteiger partial charge < -0.3 is 14.5 Å². The normalized spacial score (nSPS) is 10.9. The maximum atomic E-state index is 14.0. The highest BCUT2D eigenvalue weighted by atomic mass is 79.9. The van der Waals surface area contributed by atoms with E-state index in [2.05, 4.69) is 26.3 Å². The third-order valence-electron chi connectivity index (χ3n) is 4.42. The van der Waals surface area contributed by atoms with Gasteiger partial charge >= 0.3 is 0 Å². The van der Waals surface area contributed by atoms with Crippen LogP contribution in [0.4, 0.5) is 10.2 Å². The van der Waals surface area contributed by atoms with Crippen molar-refractivity contribution in [3.8, 4) is 5.75 Å². The summed E-state index contributed by atoms with van der Waals surface area (Å²) in [6.45, 7) is 0.201. The minimum absolute atomic E-state index is 0.0540. The number of halogens is 4. The largest absolute Gasteiger partial charge is 0.484 e. The predicted molar refractivity (Wildman–Crippen MR) is 123 cm³/mol. The summed E-state index contributed by atoms with van der Waals surface area (Å²) >= 11 is 15.6. The number of furan rings is 1. The quantitative estimate of drug-likeness (QED) is 0.289. The van der Waals surface area contributed by atoms with Crippen LogP contribution >= 0.6 is 39.1 Å². The smallest absolute Gasteiger partial charge is 0.292 e. The molecule has 0 aliphatic carbocycles. The second kappa shape index (κ2) is 9.77. The van der Waals surface area contributed by atoms with Crippen molar-refractivity contribution in [3.63, 3.8) is 0 Å². The molecule has 0 aliphatic rings. The van der Waals surface area contributed by atoms with Gasteiger partial charge in [-0.25, -0.2) is 4.39 Å². The van der Waals surface area contributed by atoms with Gasteiger partial charge in [0, 0.05) is 16.8 Å². The number of anilines is 1. The van der Waals surface area contributed by atoms with E-state index in [4.69, 9.17) is 32.4 Å². The molecule has 2 aromatic heterocycles. The van der Waals surface area contributed by atoms with Crippen LogP contribution in [-0.4, -0.2) is 15.7 Å². The van der Waals surface area contributed by atoms with Gasteiger partial charge in [-0.2, -0.15) is 5.10 Å². The van der Waals surface area contributed by atoms with E-state index in [9.17, 15) is 9.18 Å². The first kappa shape index (κ1) is 22.4. The lowest BCUT2D eigenvalue weighted by Crippen LogP contribution is -2.12. The lowest BCUT2D eigenvalue weighted by Gasteiger charge is -2.06. The third-order valence-corrected chi connectivity index (χ3v) is 5.71. The van der Waals surface area contributed by atoms with Gasteiger partial charge in [0.15, 0.2) is 11.6 Å². The molecule has 0 saturated carbocycles. The van der Waals surface area contributed by atoms with Gasteiger partial charge in [-0.05, 0) is 52.3 Å². The molecule has 0 saturated heterocycles. The maximum absolute atomic E-state index is 14.0. The van der Waals surface area contributed by atoms with E-state index < -0.39 is 11.7 Å². The molecule has 0 bridgehead atoms. The second-order valence-corrected chi connectivity index (χ2v) is 8.33. The molecule has 4 aromatic rings. The molecule has 4 rings (SSSR count). The van der Waals surface area contributed by atoms with Crippen LogP contribution in [0.2, 0.25) is 10.0 Å². The number of hydrogen-bond acceptors (Lipinski definition) is 4. The summed E-state index contributed by atoms with van der Waals surface area (Å²) in [6.07, 6.45) is 1.47. The molecule has 164 valence electrons. The van der Waals surface area contributed by atoms with Crippen molar-refractivity contribution in [1.82, 2.24) is 9.78 Å². The number of aromatic nitrogens is 2. The highest BCUT2D eigenvalue weighted by molar-refractivity contribution is 9.10. The molecule has 1 N–H and O–H groups in total. The Balaban J connectivity index is 1.41. The van der Waals surface area contributed by atoms with Gasteiger partial charge in [0.1, 0.15) is 29.0 Å². The van der Waals surface area contributed by atoms with E-state index in [1.807, 2.05) is 24.3 Å². The molecule has 0 fully saturated rings. The molecule has 6 nitrogen and oxygen atoms in total. The second-order valence-electron chi connectivity index (χ2n) is 6.66. The Bertz CT molecular complexity index is 1250. The average Bonchev–Trinajstić information content (AvgIpc) is 3.37. The number of nitrogens with one attached hydrogen (secondary N) is 1. The Morgan fingerprint density at radius 3 is 2.72 bits per heavy atom. The van der Waals surface area contributed by atoms with E-state index in [1.165, 1.54) is 29.1 Å². The van der Waals surface area contributed by atoms with Crippen LogP contribution in [0.15, 0.2) is 69.7 Å². The number of carbonyl (C=O) groups excluding carboxylic acids is 1. The third kappa shape index (κ3) is 5.15. The van der Waals surface area contributed by atoms with E-state index in [0.29, 0.717) is 11.5 Å². The summed E-state index contributed by atoms with van der Waals surface area (Å²) in [6, 6.07) is 15.0. The fraction of sp³-hybridized carbons (Fsp3) is 0.0909. The summed E-state index contributed by atoms with van der Waals surface area (Å²) in [4.78, 5) is 12.5. The first-order valence-corrected chi connectivity index (χ1v) is 10.9. The molecule has 0 atom stereocenters. The Morgan fingerprint density at radius 1 is 1.12 bits per heavy atom. The van der Waals surface area contributed by atoms with E-state index in [0.717, 1.165) is 4.47 Å². The number of amides is 1. The predicted octanol–water partition coefficient (Wildman–Crippen LogP) is 6.56. The summed E-state index contributed by atoms with van der Waals surface area (Å²) in [7, 11) is 0. The van der Waals surface area contributed by atoms with Crippen LogP contribution in [0.1, 0.15) is 21.9 Å². The lowest BCUT2D eigenvalue weighted by molar-refractivity contribution is 0.0992. The number of nitrogens with zero attached hydrogens (tertiary/aromatic N) is 2. The van der Waals surface area contributed by atoms with Crippen LogP contribution in [0, 0.1) is 5.82 Å². The Morgan fingerprint density at radius 2 is 1.94 bits per heavy atom. The molecule has 0 radical (unpaired) electrons. The van der Waals surface area contributed by atoms with Crippen molar-refractivity contribution >= 4 is 50.9 Å². The minimum atomic E-state index is -0.534. The van der Waals surface area contributed by atoms with Crippen LogP contribution in [0.5, 0.6) is 5.75 Å². The number of hydrogen-bond donors (Lipinski definition) is 1. The van der Waals surface area contributed by atoms with Crippen molar-refractivity contribution in [1.29, 1.82) is 0 Å². The molecule has 0 aliphatic heterocycles. The van der Waals surface area contributed by atoms with Crippen LogP contribution in [0.3, 0.4) is 0 Å². The van der Waals surface area contributed by atoms with Crippen molar-refractivity contribution < 1.29 is 18.3 Å². The highest BCUT2D eigenvalue weighted by Crippen LogP contribution is 2.26. The van der Waals surface area contributed by atoms with Gasteiger partial charge in [0.05, 0.1) is 11.0 Å². The first-order chi connectivity index (χ1) is 15.4. The molecule has 32 heavy (non-hydrogen) atoms. The summed E-state index contributed by atoms with van der Waals surface area (Å²) in [5.74, 6) is 0.319. The topological polar surface area (TPSA) is 69.3 Å². The monoisotopic (exact) mass is 537 g/mol. The van der Waals surface area contributed by atoms with Crippen molar-refractivity contribution in [2.24, 2.45) is 0 Å². The van der Waals surface area contributed by atoms with Gasteiger partial charge in [-0.15, -0.1) is 0 Å². The fourth-order valence-corrected chi connectivity index (χ4v) is 3.69. The van der Waals surface area contributed by atoms with Crippen molar-refractivity contribution in [3.05, 3.63) is 98.2 Å². The minimum Gasteiger partial charge on any atom is -0.484 e. The van der Waals surface area contributed by atoms with Gasteiger partial charge in [0.2, 0.25) is 0 Å². The summed E-state index contributed by atoms with van der Waals surface area (Å²) in [5, 5.41) is 7.25. The van der Waals surface area contributed by atoms with E-state index in [1.54, 1.807) is 12.1 Å². The van der Waals surface area contributed by atoms with Gasteiger partial charge in [-0.1, -0.05) is 41.4 Å². The van der Waals surface area contributed by atoms with Crippen molar-refractivity contribution in [2.75, 3.05) is 5.32 Å². The van der Waals surface area contributed by atoms with Crippen LogP contribution < -0.4 is 10.1 Å². The molecule has 2 aromatic carbocycles. The zero-order valence-corrected chi connectivity index (χ0v) is 19.4. The Labute approximate surface area is 201 Å². The van der Waals surface area contributed by atoms with Crippen LogP contribution in [-0.2, 0) is 13.2 Å².